The predicted octanol–water partition coefficient (Wildman–Crippen LogP) is 3.27. The van der Waals surface area contributed by atoms with Crippen molar-refractivity contribution < 1.29 is 9.18 Å². The molecule has 3 nitrogen and oxygen atoms in total. The van der Waals surface area contributed by atoms with Gasteiger partial charge >= 0.3 is 0 Å². The molecule has 0 fully saturated rings. The van der Waals surface area contributed by atoms with Crippen LogP contribution in [0.5, 0.6) is 0 Å². The molecule has 0 aromatic heterocycles. The molecule has 4 heteroatoms. The van der Waals surface area contributed by atoms with Crippen LogP contribution in [0.4, 0.5) is 10.1 Å². The molecule has 0 aliphatic heterocycles. The number of anilines is 1. The van der Waals surface area contributed by atoms with Crippen molar-refractivity contribution in [3.05, 3.63) is 66.0 Å². The molecule has 2 N–H and O–H groups in total. The summed E-state index contributed by atoms with van der Waals surface area (Å²) >= 11 is 0. The minimum atomic E-state index is -0.354. The molecule has 2 aromatic carbocycles. The highest BCUT2D eigenvalue weighted by atomic mass is 19.1. The minimum absolute atomic E-state index is 0.0769. The molecule has 110 valence electrons. The average Bonchev–Trinajstić information content (AvgIpc) is 2.52. The highest BCUT2D eigenvalue weighted by molar-refractivity contribution is 5.92. The molecule has 0 radical (unpaired) electrons. The Morgan fingerprint density at radius 2 is 1.90 bits per heavy atom. The maximum absolute atomic E-state index is 13.2. The highest BCUT2D eigenvalue weighted by Crippen LogP contribution is 2.19. The summed E-state index contributed by atoms with van der Waals surface area (Å²) < 4.78 is 13.2. The number of carbonyl (C=O) groups excluding carboxylic acids is 1. The lowest BCUT2D eigenvalue weighted by atomic mass is 10.0. The van der Waals surface area contributed by atoms with Crippen molar-refractivity contribution in [3.8, 4) is 0 Å². The fraction of sp³-hybridized carbons (Fsp3) is 0.235. The van der Waals surface area contributed by atoms with Crippen LogP contribution < -0.4 is 10.6 Å². The van der Waals surface area contributed by atoms with Gasteiger partial charge in [-0.1, -0.05) is 36.4 Å². The van der Waals surface area contributed by atoms with Crippen molar-refractivity contribution in [3.63, 3.8) is 0 Å². The number of nitrogens with two attached hydrogens (primary N) is 1. The van der Waals surface area contributed by atoms with E-state index in [-0.39, 0.29) is 17.8 Å². The molecule has 1 unspecified atom stereocenters. The fourth-order valence-corrected chi connectivity index (χ4v) is 2.14. The minimum Gasteiger partial charge on any atom is -0.324 e. The van der Waals surface area contributed by atoms with E-state index in [1.807, 2.05) is 30.3 Å². The van der Waals surface area contributed by atoms with Crippen molar-refractivity contribution in [1.29, 1.82) is 0 Å². The van der Waals surface area contributed by atoms with Crippen LogP contribution in [0.2, 0.25) is 0 Å². The summed E-state index contributed by atoms with van der Waals surface area (Å²) in [5.41, 5.74) is 7.64. The number of hydrogen-bond donors (Lipinski definition) is 1. The monoisotopic (exact) mass is 286 g/mol. The van der Waals surface area contributed by atoms with Crippen LogP contribution in [0, 0.1) is 5.82 Å². The highest BCUT2D eigenvalue weighted by Gasteiger charge is 2.14. The van der Waals surface area contributed by atoms with Crippen molar-refractivity contribution >= 4 is 11.6 Å². The Hall–Kier alpha value is -2.20. The number of benzene rings is 2. The Bertz CT molecular complexity index is 601. The lowest BCUT2D eigenvalue weighted by molar-refractivity contribution is -0.118. The summed E-state index contributed by atoms with van der Waals surface area (Å²) in [5, 5.41) is 0. The normalized spacial score (nSPS) is 12.0. The van der Waals surface area contributed by atoms with E-state index in [9.17, 15) is 9.18 Å². The lowest BCUT2D eigenvalue weighted by Gasteiger charge is -2.19. The topological polar surface area (TPSA) is 46.3 Å². The first-order chi connectivity index (χ1) is 10.1. The molecule has 2 aromatic rings. The van der Waals surface area contributed by atoms with E-state index in [4.69, 9.17) is 5.73 Å². The lowest BCUT2D eigenvalue weighted by Crippen LogP contribution is -2.27. The second-order valence-electron chi connectivity index (χ2n) is 4.99. The Kier molecular flexibility index (Phi) is 5.06. The van der Waals surface area contributed by atoms with E-state index in [0.717, 1.165) is 5.56 Å². The number of rotatable bonds is 5. The van der Waals surface area contributed by atoms with Gasteiger partial charge in [-0.2, -0.15) is 0 Å². The molecule has 0 spiro atoms. The first-order valence-electron chi connectivity index (χ1n) is 6.90. The summed E-state index contributed by atoms with van der Waals surface area (Å²) in [6.07, 6.45) is 0.881. The quantitative estimate of drug-likeness (QED) is 0.917. The van der Waals surface area contributed by atoms with Crippen LogP contribution in [0.25, 0.3) is 0 Å². The molecule has 0 heterocycles. The van der Waals surface area contributed by atoms with Crippen LogP contribution in [0.15, 0.2) is 54.6 Å². The molecular weight excluding hydrogens is 267 g/mol. The molecule has 1 atom stereocenters. The van der Waals surface area contributed by atoms with Gasteiger partial charge in [-0.3, -0.25) is 4.79 Å². The van der Waals surface area contributed by atoms with Gasteiger partial charge in [-0.05, 0) is 30.2 Å². The molecule has 2 rings (SSSR count). The van der Waals surface area contributed by atoms with Gasteiger partial charge in [0.25, 0.3) is 0 Å². The second-order valence-corrected chi connectivity index (χ2v) is 4.99. The van der Waals surface area contributed by atoms with E-state index in [0.29, 0.717) is 18.5 Å². The third-order valence-electron chi connectivity index (χ3n) is 3.47. The first-order valence-corrected chi connectivity index (χ1v) is 6.90. The van der Waals surface area contributed by atoms with Gasteiger partial charge in [0.1, 0.15) is 5.82 Å². The van der Waals surface area contributed by atoms with E-state index >= 15 is 0 Å². The molecule has 1 amide bonds. The molecule has 0 saturated heterocycles. The van der Waals surface area contributed by atoms with Crippen molar-refractivity contribution in [1.82, 2.24) is 0 Å². The van der Waals surface area contributed by atoms with Crippen LogP contribution in [0.3, 0.4) is 0 Å². The fourth-order valence-electron chi connectivity index (χ4n) is 2.14. The maximum atomic E-state index is 13.2. The third-order valence-corrected chi connectivity index (χ3v) is 3.47. The molecule has 0 bridgehead atoms. The van der Waals surface area contributed by atoms with Crippen molar-refractivity contribution in [2.45, 2.75) is 18.9 Å². The van der Waals surface area contributed by atoms with E-state index in [2.05, 4.69) is 0 Å². The van der Waals surface area contributed by atoms with Crippen LogP contribution >= 0.6 is 0 Å². The maximum Gasteiger partial charge on any atom is 0.226 e. The van der Waals surface area contributed by atoms with Gasteiger partial charge in [0.2, 0.25) is 5.91 Å². The van der Waals surface area contributed by atoms with Gasteiger partial charge in [-0.15, -0.1) is 0 Å². The Morgan fingerprint density at radius 1 is 1.19 bits per heavy atom. The number of hydrogen-bond acceptors (Lipinski definition) is 2. The molecular formula is C17H19FN2O. The van der Waals surface area contributed by atoms with Crippen LogP contribution in [-0.4, -0.2) is 13.0 Å². The van der Waals surface area contributed by atoms with Crippen molar-refractivity contribution in [2.75, 3.05) is 11.9 Å². The Balaban J connectivity index is 1.92. The average molecular weight is 286 g/mol. The number of halogens is 1. The summed E-state index contributed by atoms with van der Waals surface area (Å²) in [5.74, 6) is -0.430. The summed E-state index contributed by atoms with van der Waals surface area (Å²) in [7, 11) is 1.64. The Labute approximate surface area is 124 Å². The number of carbonyl (C=O) groups is 1. The van der Waals surface area contributed by atoms with Gasteiger partial charge < -0.3 is 10.6 Å². The van der Waals surface area contributed by atoms with Gasteiger partial charge in [0, 0.05) is 25.2 Å². The second kappa shape index (κ2) is 6.99. The molecule has 0 aliphatic carbocycles. The van der Waals surface area contributed by atoms with Crippen LogP contribution in [0.1, 0.15) is 24.4 Å². The summed E-state index contributed by atoms with van der Waals surface area (Å²) in [4.78, 5) is 13.6. The standard InChI is InChI=1S/C17H19FN2O/c1-20(15-9-5-8-14(18)12-15)17(21)11-10-16(19)13-6-3-2-4-7-13/h2-9,12,16H,10-11,19H2,1H3. The zero-order valence-electron chi connectivity index (χ0n) is 12.0. The largest absolute Gasteiger partial charge is 0.324 e. The third kappa shape index (κ3) is 4.13. The van der Waals surface area contributed by atoms with Gasteiger partial charge in [0.15, 0.2) is 0 Å². The van der Waals surface area contributed by atoms with Gasteiger partial charge in [-0.25, -0.2) is 4.39 Å². The number of amides is 1. The molecule has 21 heavy (non-hydrogen) atoms. The number of nitrogens with zero attached hydrogens (tertiary/aromatic N) is 1. The van der Waals surface area contributed by atoms with Crippen molar-refractivity contribution in [2.24, 2.45) is 5.73 Å². The summed E-state index contributed by atoms with van der Waals surface area (Å²) in [6.45, 7) is 0. The molecule has 0 aliphatic rings. The zero-order chi connectivity index (χ0) is 15.2. The molecule has 0 saturated carbocycles. The van der Waals surface area contributed by atoms with Gasteiger partial charge in [0.05, 0.1) is 0 Å². The summed E-state index contributed by atoms with van der Waals surface area (Å²) in [6, 6.07) is 15.5. The van der Waals surface area contributed by atoms with E-state index in [1.165, 1.54) is 17.0 Å². The zero-order valence-corrected chi connectivity index (χ0v) is 12.0. The van der Waals surface area contributed by atoms with E-state index < -0.39 is 0 Å². The Morgan fingerprint density at radius 3 is 2.57 bits per heavy atom. The SMILES string of the molecule is CN(C(=O)CCC(N)c1ccccc1)c1cccc(F)c1. The van der Waals surface area contributed by atoms with E-state index in [1.54, 1.807) is 19.2 Å². The first kappa shape index (κ1) is 15.2. The van der Waals surface area contributed by atoms with Crippen LogP contribution in [-0.2, 0) is 4.79 Å². The smallest absolute Gasteiger partial charge is 0.226 e. The predicted molar refractivity (Wildman–Crippen MR) is 82.4 cm³/mol.